The molecule has 2 rings (SSSR count). The lowest BCUT2D eigenvalue weighted by Gasteiger charge is -2.23. The topological polar surface area (TPSA) is 64.6 Å². The lowest BCUT2D eigenvalue weighted by atomic mass is 10.1. The molecule has 28 heavy (non-hydrogen) atoms. The Kier molecular flexibility index (Phi) is 7.89. The highest BCUT2D eigenvalue weighted by Gasteiger charge is 2.26. The number of carbonyl (C=O) groups is 2. The molecule has 0 aliphatic rings. The molecule has 0 aliphatic carbocycles. The van der Waals surface area contributed by atoms with Crippen LogP contribution in [0.1, 0.15) is 31.9 Å². The van der Waals surface area contributed by atoms with Gasteiger partial charge in [-0.1, -0.05) is 57.9 Å². The van der Waals surface area contributed by atoms with Crippen LogP contribution in [0.2, 0.25) is 5.02 Å². The highest BCUT2D eigenvalue weighted by molar-refractivity contribution is 9.10. The molecule has 5 nitrogen and oxygen atoms in total. The van der Waals surface area contributed by atoms with E-state index >= 15 is 0 Å². The number of hydrogen-bond acceptors (Lipinski definition) is 4. The van der Waals surface area contributed by atoms with Crippen LogP contribution in [0.15, 0.2) is 53.0 Å². The Morgan fingerprint density at radius 2 is 1.82 bits per heavy atom. The number of benzene rings is 2. The largest absolute Gasteiger partial charge is 0.459 e. The van der Waals surface area contributed by atoms with Crippen LogP contribution in [0.25, 0.3) is 0 Å². The number of halogens is 2. The smallest absolute Gasteiger partial charge is 0.408 e. The number of carbonyl (C=O) groups excluding carboxylic acids is 2. The fraction of sp³-hybridized carbons (Fsp3) is 0.333. The van der Waals surface area contributed by atoms with Crippen molar-refractivity contribution in [2.75, 3.05) is 0 Å². The number of rotatable bonds is 6. The van der Waals surface area contributed by atoms with E-state index < -0.39 is 23.7 Å². The maximum Gasteiger partial charge on any atom is 0.408 e. The first-order valence-electron chi connectivity index (χ1n) is 8.78. The molecule has 0 aliphatic heterocycles. The van der Waals surface area contributed by atoms with Gasteiger partial charge >= 0.3 is 12.1 Å². The molecule has 2 aromatic rings. The average molecular weight is 469 g/mol. The fourth-order valence-corrected chi connectivity index (χ4v) is 3.00. The Hall–Kier alpha value is -2.05. The third-order valence-electron chi connectivity index (χ3n) is 3.63. The van der Waals surface area contributed by atoms with Crippen LogP contribution in [-0.2, 0) is 27.3 Å². The summed E-state index contributed by atoms with van der Waals surface area (Å²) in [5, 5.41) is 3.09. The standard InChI is InChI=1S/C21H23BrClNO4/c1-21(2,3)28-20(26)24-18(12-15-11-16(22)9-10-17(15)23)19(25)27-13-14-7-5-4-6-8-14/h4-11,18H,12-13H2,1-3H3,(H,24,26). The summed E-state index contributed by atoms with van der Waals surface area (Å²) in [4.78, 5) is 24.9. The highest BCUT2D eigenvalue weighted by atomic mass is 79.9. The van der Waals surface area contributed by atoms with E-state index in [4.69, 9.17) is 21.1 Å². The van der Waals surface area contributed by atoms with Crippen molar-refractivity contribution in [3.05, 3.63) is 69.2 Å². The molecule has 1 N–H and O–H groups in total. The van der Waals surface area contributed by atoms with Crippen molar-refractivity contribution >= 4 is 39.6 Å². The first-order chi connectivity index (χ1) is 13.1. The van der Waals surface area contributed by atoms with Gasteiger partial charge < -0.3 is 14.8 Å². The van der Waals surface area contributed by atoms with Gasteiger partial charge in [-0.2, -0.15) is 0 Å². The van der Waals surface area contributed by atoms with Gasteiger partial charge in [-0.05, 0) is 50.1 Å². The van der Waals surface area contributed by atoms with E-state index in [2.05, 4.69) is 21.2 Å². The number of nitrogens with one attached hydrogen (secondary N) is 1. The zero-order valence-corrected chi connectivity index (χ0v) is 18.3. The molecule has 1 amide bonds. The minimum Gasteiger partial charge on any atom is -0.459 e. The monoisotopic (exact) mass is 467 g/mol. The lowest BCUT2D eigenvalue weighted by molar-refractivity contribution is -0.147. The molecule has 0 heterocycles. The van der Waals surface area contributed by atoms with Gasteiger partial charge in [0, 0.05) is 15.9 Å². The van der Waals surface area contributed by atoms with E-state index in [0.29, 0.717) is 10.6 Å². The first-order valence-corrected chi connectivity index (χ1v) is 9.95. The van der Waals surface area contributed by atoms with Gasteiger partial charge in [0.25, 0.3) is 0 Å². The molecule has 0 saturated heterocycles. The quantitative estimate of drug-likeness (QED) is 0.586. The second-order valence-electron chi connectivity index (χ2n) is 7.23. The van der Waals surface area contributed by atoms with Crippen LogP contribution in [0.4, 0.5) is 4.79 Å². The third kappa shape index (κ3) is 7.52. The molecule has 0 spiro atoms. The molecule has 0 aromatic heterocycles. The van der Waals surface area contributed by atoms with E-state index in [-0.39, 0.29) is 13.0 Å². The zero-order chi connectivity index (χ0) is 20.7. The Morgan fingerprint density at radius 3 is 2.46 bits per heavy atom. The third-order valence-corrected chi connectivity index (χ3v) is 4.49. The maximum absolute atomic E-state index is 12.7. The van der Waals surface area contributed by atoms with Crippen LogP contribution < -0.4 is 5.32 Å². The predicted molar refractivity (Wildman–Crippen MR) is 112 cm³/mol. The molecular formula is C21H23BrClNO4. The number of esters is 1. The Labute approximate surface area is 178 Å². The van der Waals surface area contributed by atoms with E-state index in [1.54, 1.807) is 39.0 Å². The molecule has 2 aromatic carbocycles. The molecule has 0 saturated carbocycles. The molecule has 7 heteroatoms. The SMILES string of the molecule is CC(C)(C)OC(=O)NC(Cc1cc(Br)ccc1Cl)C(=O)OCc1ccccc1. The Bertz CT molecular complexity index is 821. The zero-order valence-electron chi connectivity index (χ0n) is 16.0. The van der Waals surface area contributed by atoms with Gasteiger partial charge in [0.15, 0.2) is 0 Å². The van der Waals surface area contributed by atoms with E-state index in [9.17, 15) is 9.59 Å². The van der Waals surface area contributed by atoms with Crippen molar-refractivity contribution in [1.29, 1.82) is 0 Å². The number of amides is 1. The van der Waals surface area contributed by atoms with Gasteiger partial charge in [-0.25, -0.2) is 9.59 Å². The summed E-state index contributed by atoms with van der Waals surface area (Å²) in [6.45, 7) is 5.36. The normalized spacial score (nSPS) is 12.2. The summed E-state index contributed by atoms with van der Waals surface area (Å²) in [6, 6.07) is 13.7. The Morgan fingerprint density at radius 1 is 1.14 bits per heavy atom. The molecule has 1 unspecified atom stereocenters. The maximum atomic E-state index is 12.7. The van der Waals surface area contributed by atoms with Gasteiger partial charge in [-0.15, -0.1) is 0 Å². The van der Waals surface area contributed by atoms with Crippen molar-refractivity contribution in [2.45, 2.75) is 45.4 Å². The van der Waals surface area contributed by atoms with Gasteiger partial charge in [-0.3, -0.25) is 0 Å². The van der Waals surface area contributed by atoms with E-state index in [1.807, 2.05) is 30.3 Å². The molecule has 0 bridgehead atoms. The van der Waals surface area contributed by atoms with Gasteiger partial charge in [0.1, 0.15) is 18.2 Å². The predicted octanol–water partition coefficient (Wildman–Crippen LogP) is 5.28. The molecule has 0 fully saturated rings. The fourth-order valence-electron chi connectivity index (χ4n) is 2.39. The van der Waals surface area contributed by atoms with E-state index in [1.165, 1.54) is 0 Å². The second kappa shape index (κ2) is 9.94. The molecule has 0 radical (unpaired) electrons. The highest BCUT2D eigenvalue weighted by Crippen LogP contribution is 2.23. The van der Waals surface area contributed by atoms with E-state index in [0.717, 1.165) is 10.0 Å². The summed E-state index contributed by atoms with van der Waals surface area (Å²) in [7, 11) is 0. The lowest BCUT2D eigenvalue weighted by Crippen LogP contribution is -2.45. The van der Waals surface area contributed by atoms with Crippen molar-refractivity contribution in [1.82, 2.24) is 5.32 Å². The second-order valence-corrected chi connectivity index (χ2v) is 8.55. The van der Waals surface area contributed by atoms with Crippen LogP contribution in [0, 0.1) is 0 Å². The van der Waals surface area contributed by atoms with Crippen molar-refractivity contribution in [3.8, 4) is 0 Å². The number of alkyl carbamates (subject to hydrolysis) is 1. The van der Waals surface area contributed by atoms with Crippen LogP contribution in [0.5, 0.6) is 0 Å². The minimum absolute atomic E-state index is 0.110. The minimum atomic E-state index is -0.939. The molecule has 1 atom stereocenters. The molecular weight excluding hydrogens is 446 g/mol. The van der Waals surface area contributed by atoms with Crippen LogP contribution >= 0.6 is 27.5 Å². The van der Waals surface area contributed by atoms with Gasteiger partial charge in [0.2, 0.25) is 0 Å². The van der Waals surface area contributed by atoms with Crippen molar-refractivity contribution in [2.24, 2.45) is 0 Å². The summed E-state index contributed by atoms with van der Waals surface area (Å²) in [5.74, 6) is -0.564. The Balaban J connectivity index is 2.13. The summed E-state index contributed by atoms with van der Waals surface area (Å²) in [5.41, 5.74) is 0.872. The summed E-state index contributed by atoms with van der Waals surface area (Å²) in [6.07, 6.45) is -0.522. The first kappa shape index (κ1) is 22.2. The van der Waals surface area contributed by atoms with Crippen LogP contribution in [-0.4, -0.2) is 23.7 Å². The molecule has 150 valence electrons. The average Bonchev–Trinajstić information content (AvgIpc) is 2.61. The van der Waals surface area contributed by atoms with Crippen molar-refractivity contribution < 1.29 is 19.1 Å². The summed E-state index contributed by atoms with van der Waals surface area (Å²) < 4.78 is 11.5. The van der Waals surface area contributed by atoms with Crippen molar-refractivity contribution in [3.63, 3.8) is 0 Å². The number of ether oxygens (including phenoxy) is 2. The summed E-state index contributed by atoms with van der Waals surface area (Å²) >= 11 is 9.63. The van der Waals surface area contributed by atoms with Crippen LogP contribution in [0.3, 0.4) is 0 Å². The number of hydrogen-bond donors (Lipinski definition) is 1. The van der Waals surface area contributed by atoms with Gasteiger partial charge in [0.05, 0.1) is 0 Å².